The van der Waals surface area contributed by atoms with Crippen LogP contribution in [0.15, 0.2) is 28.7 Å². The fourth-order valence-electron chi connectivity index (χ4n) is 2.11. The van der Waals surface area contributed by atoms with E-state index in [1.807, 2.05) is 24.3 Å². The third-order valence-corrected chi connectivity index (χ3v) is 3.82. The Kier molecular flexibility index (Phi) is 7.45. The number of hydrogen-bond donors (Lipinski definition) is 2. The molecule has 0 aliphatic carbocycles. The monoisotopic (exact) mass is 378 g/mol. The molecule has 7 heteroatoms. The summed E-state index contributed by atoms with van der Waals surface area (Å²) >= 11 is 3.36. The van der Waals surface area contributed by atoms with Crippen molar-refractivity contribution in [1.29, 1.82) is 0 Å². The van der Waals surface area contributed by atoms with Gasteiger partial charge in [0.05, 0.1) is 18.7 Å². The zero-order valence-corrected chi connectivity index (χ0v) is 14.2. The summed E-state index contributed by atoms with van der Waals surface area (Å²) in [6.45, 7) is 1.45. The number of aliphatic hydroxyl groups is 1. The van der Waals surface area contributed by atoms with Crippen LogP contribution in [0.1, 0.15) is 6.42 Å². The summed E-state index contributed by atoms with van der Waals surface area (Å²) in [7, 11) is 1.75. The molecule has 5 nitrogen and oxygen atoms in total. The maximum atomic E-state index is 12.1. The number of amides is 1. The molecule has 0 saturated carbocycles. The van der Waals surface area contributed by atoms with Gasteiger partial charge < -0.3 is 20.1 Å². The summed E-state index contributed by atoms with van der Waals surface area (Å²) in [4.78, 5) is 13.7. The van der Waals surface area contributed by atoms with Gasteiger partial charge in [-0.3, -0.25) is 4.79 Å². The van der Waals surface area contributed by atoms with E-state index < -0.39 is 6.10 Å². The molecule has 0 radical (unpaired) electrons. The molecule has 1 saturated heterocycles. The van der Waals surface area contributed by atoms with Gasteiger partial charge in [0.15, 0.2) is 0 Å². The fourth-order valence-corrected chi connectivity index (χ4v) is 2.38. The van der Waals surface area contributed by atoms with E-state index in [4.69, 9.17) is 4.74 Å². The summed E-state index contributed by atoms with van der Waals surface area (Å²) in [6.07, 6.45) is 0.0628. The highest BCUT2D eigenvalue weighted by atomic mass is 79.9. The average Bonchev–Trinajstić information content (AvgIpc) is 2.86. The van der Waals surface area contributed by atoms with Crippen molar-refractivity contribution in [2.75, 3.05) is 26.7 Å². The van der Waals surface area contributed by atoms with Gasteiger partial charge in [0.25, 0.3) is 0 Å². The zero-order chi connectivity index (χ0) is 14.5. The number of halogens is 2. The normalized spacial score (nSPS) is 20.7. The van der Waals surface area contributed by atoms with E-state index in [9.17, 15) is 9.90 Å². The van der Waals surface area contributed by atoms with E-state index in [-0.39, 0.29) is 24.4 Å². The molecule has 1 aliphatic rings. The summed E-state index contributed by atoms with van der Waals surface area (Å²) in [5.41, 5.74) is 0. The maximum Gasteiger partial charge on any atom is 0.239 e. The van der Waals surface area contributed by atoms with E-state index in [0.717, 1.165) is 10.2 Å². The highest BCUT2D eigenvalue weighted by Gasteiger charge is 2.29. The van der Waals surface area contributed by atoms with Gasteiger partial charge in [0, 0.05) is 18.1 Å². The lowest BCUT2D eigenvalue weighted by Gasteiger charge is -2.21. The number of aliphatic hydroxyl groups excluding tert-OH is 1. The van der Waals surface area contributed by atoms with Crippen LogP contribution in [0.4, 0.5) is 0 Å². The zero-order valence-electron chi connectivity index (χ0n) is 11.8. The van der Waals surface area contributed by atoms with E-state index in [1.165, 1.54) is 0 Å². The molecule has 2 atom stereocenters. The van der Waals surface area contributed by atoms with Crippen molar-refractivity contribution in [3.05, 3.63) is 28.7 Å². The van der Waals surface area contributed by atoms with Crippen molar-refractivity contribution in [3.8, 4) is 5.75 Å². The second-order valence-electron chi connectivity index (χ2n) is 4.91. The summed E-state index contributed by atoms with van der Waals surface area (Å²) < 4.78 is 6.58. The first-order valence-corrected chi connectivity index (χ1v) is 7.40. The van der Waals surface area contributed by atoms with E-state index >= 15 is 0 Å². The molecule has 1 heterocycles. The van der Waals surface area contributed by atoms with Gasteiger partial charge in [-0.2, -0.15) is 0 Å². The van der Waals surface area contributed by atoms with Gasteiger partial charge in [0.2, 0.25) is 5.91 Å². The predicted molar refractivity (Wildman–Crippen MR) is 86.9 cm³/mol. The van der Waals surface area contributed by atoms with Crippen LogP contribution in [0.3, 0.4) is 0 Å². The maximum absolute atomic E-state index is 12.1. The second kappa shape index (κ2) is 8.58. The molecule has 1 fully saturated rings. The van der Waals surface area contributed by atoms with Crippen LogP contribution in [0, 0.1) is 0 Å². The molecule has 0 bridgehead atoms. The smallest absolute Gasteiger partial charge is 0.239 e. The minimum atomic E-state index is -0.420. The number of nitrogens with zero attached hydrogens (tertiary/aromatic N) is 1. The third kappa shape index (κ3) is 5.47. The quantitative estimate of drug-likeness (QED) is 0.812. The van der Waals surface area contributed by atoms with E-state index in [2.05, 4.69) is 21.2 Å². The Morgan fingerprint density at radius 2 is 2.14 bits per heavy atom. The first-order chi connectivity index (χ1) is 9.56. The number of hydrogen-bond acceptors (Lipinski definition) is 4. The van der Waals surface area contributed by atoms with Gasteiger partial charge >= 0.3 is 0 Å². The number of ether oxygens (including phenoxy) is 1. The van der Waals surface area contributed by atoms with Crippen molar-refractivity contribution in [3.63, 3.8) is 0 Å². The fraction of sp³-hybridized carbons (Fsp3) is 0.500. The molecule has 2 unspecified atom stereocenters. The lowest BCUT2D eigenvalue weighted by molar-refractivity contribution is -0.132. The molecule has 118 valence electrons. The predicted octanol–water partition coefficient (Wildman–Crippen LogP) is 1.43. The molecule has 1 aliphatic heterocycles. The Balaban J connectivity index is 0.00000220. The average molecular weight is 380 g/mol. The number of benzene rings is 1. The number of nitrogens with one attached hydrogen (secondary N) is 1. The van der Waals surface area contributed by atoms with Gasteiger partial charge in [-0.25, -0.2) is 0 Å². The molecular weight excluding hydrogens is 360 g/mol. The highest BCUT2D eigenvalue weighted by Crippen LogP contribution is 2.16. The number of rotatable bonds is 5. The lowest BCUT2D eigenvalue weighted by atomic mass is 10.2. The van der Waals surface area contributed by atoms with Crippen LogP contribution in [-0.4, -0.2) is 54.8 Å². The Labute approximate surface area is 139 Å². The molecule has 1 aromatic carbocycles. The van der Waals surface area contributed by atoms with Crippen molar-refractivity contribution in [1.82, 2.24) is 10.2 Å². The Hall–Kier alpha value is -0.820. The topological polar surface area (TPSA) is 61.8 Å². The van der Waals surface area contributed by atoms with Gasteiger partial charge in [-0.15, -0.1) is 12.4 Å². The third-order valence-electron chi connectivity index (χ3n) is 3.29. The molecule has 2 rings (SSSR count). The van der Waals surface area contributed by atoms with Gasteiger partial charge in [0.1, 0.15) is 12.4 Å². The summed E-state index contributed by atoms with van der Waals surface area (Å²) in [6, 6.07) is 7.30. The largest absolute Gasteiger partial charge is 0.492 e. The van der Waals surface area contributed by atoms with Gasteiger partial charge in [-0.1, -0.05) is 15.9 Å². The number of carbonyl (C=O) groups excluding carboxylic acids is 1. The molecule has 1 amide bonds. The SMILES string of the molecule is CN(CCOc1ccc(Br)cc1)C(=O)C1CC(O)CN1.Cl. The minimum absolute atomic E-state index is 0. The first kappa shape index (κ1) is 18.2. The van der Waals surface area contributed by atoms with E-state index in [0.29, 0.717) is 26.1 Å². The van der Waals surface area contributed by atoms with Crippen LogP contribution >= 0.6 is 28.3 Å². The molecule has 21 heavy (non-hydrogen) atoms. The first-order valence-electron chi connectivity index (χ1n) is 6.61. The Bertz CT molecular complexity index is 458. The van der Waals surface area contributed by atoms with Crippen LogP contribution in [0.25, 0.3) is 0 Å². The number of carbonyl (C=O) groups is 1. The molecule has 2 N–H and O–H groups in total. The summed E-state index contributed by atoms with van der Waals surface area (Å²) in [5, 5.41) is 12.4. The Morgan fingerprint density at radius 1 is 1.48 bits per heavy atom. The molecule has 0 aromatic heterocycles. The van der Waals surface area contributed by atoms with Crippen LogP contribution < -0.4 is 10.1 Å². The Morgan fingerprint density at radius 3 is 2.71 bits per heavy atom. The van der Waals surface area contributed by atoms with Crippen molar-refractivity contribution < 1.29 is 14.6 Å². The van der Waals surface area contributed by atoms with Crippen molar-refractivity contribution in [2.45, 2.75) is 18.6 Å². The molecule has 1 aromatic rings. The van der Waals surface area contributed by atoms with E-state index in [1.54, 1.807) is 11.9 Å². The van der Waals surface area contributed by atoms with Crippen LogP contribution in [-0.2, 0) is 4.79 Å². The molecular formula is C14H20BrClN2O3. The number of likely N-dealkylation sites (N-methyl/N-ethyl adjacent to an activating group) is 1. The number of β-amino-alcohol motifs (C(OH)–C–C–N with tert-alkyl or cyclic N) is 1. The van der Waals surface area contributed by atoms with Crippen molar-refractivity contribution in [2.24, 2.45) is 0 Å². The molecule has 0 spiro atoms. The van der Waals surface area contributed by atoms with Crippen LogP contribution in [0.5, 0.6) is 5.75 Å². The summed E-state index contributed by atoms with van der Waals surface area (Å²) in [5.74, 6) is 0.782. The van der Waals surface area contributed by atoms with Crippen LogP contribution in [0.2, 0.25) is 0 Å². The van der Waals surface area contributed by atoms with Gasteiger partial charge in [-0.05, 0) is 30.7 Å². The standard InChI is InChI=1S/C14H19BrN2O3.ClH/c1-17(14(19)13-8-11(18)9-16-13)6-7-20-12-4-2-10(15)3-5-12;/h2-5,11,13,16,18H,6-9H2,1H3;1H. The lowest BCUT2D eigenvalue weighted by Crippen LogP contribution is -2.43. The second-order valence-corrected chi connectivity index (χ2v) is 5.83. The van der Waals surface area contributed by atoms with Crippen molar-refractivity contribution >= 4 is 34.2 Å². The highest BCUT2D eigenvalue weighted by molar-refractivity contribution is 9.10. The minimum Gasteiger partial charge on any atom is -0.492 e.